The summed E-state index contributed by atoms with van der Waals surface area (Å²) in [5.74, 6) is 7.57. The molecule has 0 spiro atoms. The molecule has 7 heteroatoms. The minimum atomic E-state index is -4.32. The van der Waals surface area contributed by atoms with Gasteiger partial charge in [0, 0.05) is 18.7 Å². The number of hydrogen-bond acceptors (Lipinski definition) is 2. The Bertz CT molecular complexity index is 586. The Hall–Kier alpha value is -1.81. The van der Waals surface area contributed by atoms with Crippen molar-refractivity contribution in [3.05, 3.63) is 35.4 Å². The minimum absolute atomic E-state index is 0.373. The Kier molecular flexibility index (Phi) is 9.93. The first-order valence-corrected chi connectivity index (χ1v) is 9.54. The molecule has 1 rings (SSSR count). The van der Waals surface area contributed by atoms with Crippen LogP contribution in [0, 0.1) is 11.8 Å². The van der Waals surface area contributed by atoms with Gasteiger partial charge in [0.05, 0.1) is 12.1 Å². The van der Waals surface area contributed by atoms with E-state index in [0.717, 1.165) is 43.8 Å². The molecule has 0 aromatic heterocycles. The summed E-state index contributed by atoms with van der Waals surface area (Å²) >= 11 is 1.83. The van der Waals surface area contributed by atoms with Crippen LogP contribution < -0.4 is 10.6 Å². The Labute approximate surface area is 151 Å². The van der Waals surface area contributed by atoms with E-state index in [4.69, 9.17) is 0 Å². The number of halogens is 3. The molecule has 0 amide bonds. The SMILES string of the molecule is CCNC(=NCCCCSC)NCC#Cc1ccc(C(F)(F)F)cc1. The molecule has 0 atom stereocenters. The van der Waals surface area contributed by atoms with Crippen molar-refractivity contribution in [2.75, 3.05) is 31.6 Å². The lowest BCUT2D eigenvalue weighted by atomic mass is 10.1. The van der Waals surface area contributed by atoms with Crippen molar-refractivity contribution < 1.29 is 13.2 Å². The number of thioether (sulfide) groups is 1. The zero-order valence-corrected chi connectivity index (χ0v) is 15.4. The summed E-state index contributed by atoms with van der Waals surface area (Å²) in [5, 5.41) is 6.23. The number of guanidine groups is 1. The van der Waals surface area contributed by atoms with Crippen molar-refractivity contribution in [1.29, 1.82) is 0 Å². The van der Waals surface area contributed by atoms with Gasteiger partial charge in [-0.25, -0.2) is 0 Å². The summed E-state index contributed by atoms with van der Waals surface area (Å²) < 4.78 is 37.5. The van der Waals surface area contributed by atoms with Crippen LogP contribution >= 0.6 is 11.8 Å². The van der Waals surface area contributed by atoms with E-state index in [1.807, 2.05) is 18.7 Å². The third-order valence-corrected chi connectivity index (χ3v) is 3.86. The Morgan fingerprint density at radius 3 is 2.48 bits per heavy atom. The molecule has 3 nitrogen and oxygen atoms in total. The molecule has 0 aliphatic carbocycles. The summed E-state index contributed by atoms with van der Waals surface area (Å²) in [6.07, 6.45) is -0.0583. The summed E-state index contributed by atoms with van der Waals surface area (Å²) in [6.45, 7) is 3.86. The zero-order valence-electron chi connectivity index (χ0n) is 14.5. The number of nitrogens with zero attached hydrogens (tertiary/aromatic N) is 1. The number of benzene rings is 1. The summed E-state index contributed by atoms with van der Waals surface area (Å²) in [6, 6.07) is 4.83. The molecular weight excluding hydrogens is 347 g/mol. The molecule has 1 aromatic rings. The van der Waals surface area contributed by atoms with E-state index in [1.54, 1.807) is 0 Å². The van der Waals surface area contributed by atoms with E-state index in [2.05, 4.69) is 33.7 Å². The van der Waals surface area contributed by atoms with Crippen LogP contribution in [0.25, 0.3) is 0 Å². The second kappa shape index (κ2) is 11.7. The topological polar surface area (TPSA) is 36.4 Å². The van der Waals surface area contributed by atoms with Crippen LogP contribution in [-0.4, -0.2) is 37.6 Å². The van der Waals surface area contributed by atoms with Gasteiger partial charge in [-0.3, -0.25) is 4.99 Å². The Morgan fingerprint density at radius 2 is 1.88 bits per heavy atom. The van der Waals surface area contributed by atoms with Gasteiger partial charge in [-0.05, 0) is 56.0 Å². The van der Waals surface area contributed by atoms with Gasteiger partial charge in [0.25, 0.3) is 0 Å². The maximum absolute atomic E-state index is 12.5. The van der Waals surface area contributed by atoms with Crippen molar-refractivity contribution >= 4 is 17.7 Å². The van der Waals surface area contributed by atoms with Gasteiger partial charge in [0.1, 0.15) is 0 Å². The highest BCUT2D eigenvalue weighted by molar-refractivity contribution is 7.98. The minimum Gasteiger partial charge on any atom is -0.357 e. The van der Waals surface area contributed by atoms with Crippen LogP contribution in [0.1, 0.15) is 30.9 Å². The molecule has 1 aromatic carbocycles. The van der Waals surface area contributed by atoms with Crippen LogP contribution in [0.2, 0.25) is 0 Å². The molecule has 0 radical (unpaired) electrons. The van der Waals surface area contributed by atoms with Gasteiger partial charge >= 0.3 is 6.18 Å². The van der Waals surface area contributed by atoms with Gasteiger partial charge in [-0.15, -0.1) is 0 Å². The molecule has 138 valence electrons. The van der Waals surface area contributed by atoms with E-state index in [-0.39, 0.29) is 0 Å². The maximum atomic E-state index is 12.5. The maximum Gasteiger partial charge on any atom is 0.416 e. The first-order valence-electron chi connectivity index (χ1n) is 8.14. The van der Waals surface area contributed by atoms with Crippen molar-refractivity contribution in [3.8, 4) is 11.8 Å². The van der Waals surface area contributed by atoms with E-state index in [0.29, 0.717) is 18.1 Å². The lowest BCUT2D eigenvalue weighted by Crippen LogP contribution is -2.37. The highest BCUT2D eigenvalue weighted by Gasteiger charge is 2.29. The first kappa shape index (κ1) is 21.2. The van der Waals surface area contributed by atoms with E-state index >= 15 is 0 Å². The van der Waals surface area contributed by atoms with Gasteiger partial charge in [0.15, 0.2) is 5.96 Å². The second-order valence-electron chi connectivity index (χ2n) is 5.19. The van der Waals surface area contributed by atoms with Crippen LogP contribution in [-0.2, 0) is 6.18 Å². The number of rotatable bonds is 7. The molecule has 2 N–H and O–H groups in total. The van der Waals surface area contributed by atoms with Gasteiger partial charge < -0.3 is 10.6 Å². The van der Waals surface area contributed by atoms with Crippen LogP contribution in [0.5, 0.6) is 0 Å². The van der Waals surface area contributed by atoms with Crippen LogP contribution in [0.4, 0.5) is 13.2 Å². The first-order chi connectivity index (χ1) is 12.0. The molecule has 0 aliphatic rings. The van der Waals surface area contributed by atoms with Gasteiger partial charge in [-0.1, -0.05) is 11.8 Å². The third kappa shape index (κ3) is 9.30. The highest BCUT2D eigenvalue weighted by atomic mass is 32.2. The molecule has 0 heterocycles. The summed E-state index contributed by atoms with van der Waals surface area (Å²) in [4.78, 5) is 4.46. The monoisotopic (exact) mass is 371 g/mol. The lowest BCUT2D eigenvalue weighted by molar-refractivity contribution is -0.137. The molecule has 0 saturated heterocycles. The van der Waals surface area contributed by atoms with Crippen molar-refractivity contribution in [2.45, 2.75) is 25.9 Å². The molecule has 25 heavy (non-hydrogen) atoms. The number of alkyl halides is 3. The van der Waals surface area contributed by atoms with Crippen LogP contribution in [0.3, 0.4) is 0 Å². The smallest absolute Gasteiger partial charge is 0.357 e. The predicted molar refractivity (Wildman–Crippen MR) is 99.9 cm³/mol. The molecule has 0 bridgehead atoms. The van der Waals surface area contributed by atoms with E-state index in [9.17, 15) is 13.2 Å². The average Bonchev–Trinajstić information content (AvgIpc) is 2.58. The lowest BCUT2D eigenvalue weighted by Gasteiger charge is -2.08. The number of unbranched alkanes of at least 4 members (excludes halogenated alkanes) is 1. The molecule has 0 aliphatic heterocycles. The number of hydrogen-bond donors (Lipinski definition) is 2. The third-order valence-electron chi connectivity index (χ3n) is 3.16. The second-order valence-corrected chi connectivity index (χ2v) is 6.18. The summed E-state index contributed by atoms with van der Waals surface area (Å²) in [5.41, 5.74) is -0.118. The highest BCUT2D eigenvalue weighted by Crippen LogP contribution is 2.28. The molecule has 0 saturated carbocycles. The van der Waals surface area contributed by atoms with Gasteiger partial charge in [0.2, 0.25) is 0 Å². The normalized spacial score (nSPS) is 11.6. The van der Waals surface area contributed by atoms with Crippen molar-refractivity contribution in [2.24, 2.45) is 4.99 Å². The predicted octanol–water partition coefficient (Wildman–Crippen LogP) is 3.76. The van der Waals surface area contributed by atoms with E-state index < -0.39 is 11.7 Å². The standard InChI is InChI=1S/C18H24F3N3S/c1-3-22-17(23-12-4-5-14-25-2)24-13-6-7-15-8-10-16(11-9-15)18(19,20)21/h8-11H,3-5,12-14H2,1-2H3,(H2,22,23,24). The molecule has 0 unspecified atom stereocenters. The fourth-order valence-electron chi connectivity index (χ4n) is 1.91. The fourth-order valence-corrected chi connectivity index (χ4v) is 2.40. The Morgan fingerprint density at radius 1 is 1.16 bits per heavy atom. The average molecular weight is 371 g/mol. The quantitative estimate of drug-likeness (QED) is 0.332. The fraction of sp³-hybridized carbons (Fsp3) is 0.500. The van der Waals surface area contributed by atoms with Gasteiger partial charge in [-0.2, -0.15) is 24.9 Å². The van der Waals surface area contributed by atoms with E-state index in [1.165, 1.54) is 12.1 Å². The molecular formula is C18H24F3N3S. The Balaban J connectivity index is 2.47. The van der Waals surface area contributed by atoms with Crippen molar-refractivity contribution in [3.63, 3.8) is 0 Å². The van der Waals surface area contributed by atoms with Crippen LogP contribution in [0.15, 0.2) is 29.3 Å². The number of aliphatic imine (C=N–C) groups is 1. The zero-order chi connectivity index (χ0) is 18.5. The van der Waals surface area contributed by atoms with Crippen molar-refractivity contribution in [1.82, 2.24) is 10.6 Å². The summed E-state index contributed by atoms with van der Waals surface area (Å²) in [7, 11) is 0. The molecule has 0 fully saturated rings. The number of nitrogens with one attached hydrogen (secondary N) is 2. The largest absolute Gasteiger partial charge is 0.416 e.